The number of aliphatic hydroxyl groups excluding tert-OH is 1. The van der Waals surface area contributed by atoms with Gasteiger partial charge < -0.3 is 15.0 Å². The Balaban J connectivity index is 2.15. The van der Waals surface area contributed by atoms with E-state index in [-0.39, 0.29) is 6.10 Å². The molecule has 0 saturated heterocycles. The zero-order valence-corrected chi connectivity index (χ0v) is 11.2. The van der Waals surface area contributed by atoms with Crippen molar-refractivity contribution in [3.8, 4) is 0 Å². The van der Waals surface area contributed by atoms with Crippen molar-refractivity contribution < 1.29 is 5.11 Å². The average Bonchev–Trinajstić information content (AvgIpc) is 2.76. The molecule has 2 N–H and O–H groups in total. The first-order valence-corrected chi connectivity index (χ1v) is 6.67. The molecule has 0 aliphatic carbocycles. The highest BCUT2D eigenvalue weighted by atomic mass is 16.3. The van der Waals surface area contributed by atoms with E-state index in [4.69, 9.17) is 0 Å². The van der Waals surface area contributed by atoms with Gasteiger partial charge in [-0.3, -0.25) is 0 Å². The Morgan fingerprint density at radius 3 is 2.89 bits per heavy atom. The smallest absolute Gasteiger partial charge is 0.0529 e. The lowest BCUT2D eigenvalue weighted by Crippen LogP contribution is -2.11. The second-order valence-corrected chi connectivity index (χ2v) is 4.82. The van der Waals surface area contributed by atoms with Crippen LogP contribution in [0.1, 0.15) is 25.8 Å². The predicted octanol–water partition coefficient (Wildman–Crippen LogP) is 2.52. The fourth-order valence-corrected chi connectivity index (χ4v) is 2.15. The number of aryl methyl sites for hydroxylation is 1. The van der Waals surface area contributed by atoms with E-state index in [1.165, 1.54) is 16.5 Å². The van der Waals surface area contributed by atoms with E-state index in [1.807, 2.05) is 6.92 Å². The van der Waals surface area contributed by atoms with E-state index in [1.54, 1.807) is 0 Å². The molecule has 2 aromatic rings. The Hall–Kier alpha value is -1.32. The van der Waals surface area contributed by atoms with E-state index in [2.05, 4.69) is 47.3 Å². The highest BCUT2D eigenvalue weighted by Crippen LogP contribution is 2.18. The Kier molecular flexibility index (Phi) is 4.39. The summed E-state index contributed by atoms with van der Waals surface area (Å²) in [5.41, 5.74) is 2.56. The molecule has 1 atom stereocenters. The van der Waals surface area contributed by atoms with Crippen LogP contribution in [0.5, 0.6) is 0 Å². The molecule has 0 saturated carbocycles. The molecule has 0 amide bonds. The van der Waals surface area contributed by atoms with Gasteiger partial charge in [-0.2, -0.15) is 0 Å². The minimum atomic E-state index is -0.240. The van der Waals surface area contributed by atoms with E-state index in [0.29, 0.717) is 0 Å². The van der Waals surface area contributed by atoms with Gasteiger partial charge in [0.2, 0.25) is 0 Å². The summed E-state index contributed by atoms with van der Waals surface area (Å²) in [6.45, 7) is 6.73. The molecule has 0 spiro atoms. The van der Waals surface area contributed by atoms with Crippen LogP contribution in [-0.4, -0.2) is 22.3 Å². The molecule has 1 aromatic heterocycles. The maximum atomic E-state index is 9.34. The quantitative estimate of drug-likeness (QED) is 0.822. The summed E-state index contributed by atoms with van der Waals surface area (Å²) in [5, 5.41) is 14.0. The summed E-state index contributed by atoms with van der Waals surface area (Å²) >= 11 is 0. The molecule has 0 fully saturated rings. The van der Waals surface area contributed by atoms with Crippen LogP contribution < -0.4 is 5.32 Å². The molecule has 0 bridgehead atoms. The van der Waals surface area contributed by atoms with E-state index in [0.717, 1.165) is 26.1 Å². The molecule has 18 heavy (non-hydrogen) atoms. The number of benzene rings is 1. The number of rotatable bonds is 6. The average molecular weight is 246 g/mol. The number of aliphatic hydroxyl groups is 1. The van der Waals surface area contributed by atoms with Crippen molar-refractivity contribution in [3.05, 3.63) is 36.0 Å². The maximum absolute atomic E-state index is 9.34. The molecule has 3 heteroatoms. The zero-order chi connectivity index (χ0) is 13.0. The number of nitrogens with one attached hydrogen (secondary N) is 1. The molecule has 98 valence electrons. The molecule has 0 radical (unpaired) electrons. The molecule has 1 unspecified atom stereocenters. The minimum Gasteiger partial charge on any atom is -0.393 e. The molecular formula is C15H22N2O. The summed E-state index contributed by atoms with van der Waals surface area (Å²) in [6, 6.07) is 8.72. The Morgan fingerprint density at radius 1 is 1.33 bits per heavy atom. The van der Waals surface area contributed by atoms with Gasteiger partial charge in [-0.15, -0.1) is 0 Å². The van der Waals surface area contributed by atoms with Gasteiger partial charge in [-0.1, -0.05) is 13.0 Å². The summed E-state index contributed by atoms with van der Waals surface area (Å²) in [5.74, 6) is 0. The summed E-state index contributed by atoms with van der Waals surface area (Å²) in [7, 11) is 0. The molecule has 3 nitrogen and oxygen atoms in total. The van der Waals surface area contributed by atoms with Crippen molar-refractivity contribution in [2.75, 3.05) is 6.54 Å². The van der Waals surface area contributed by atoms with E-state index < -0.39 is 0 Å². The van der Waals surface area contributed by atoms with Crippen molar-refractivity contribution in [1.82, 2.24) is 9.88 Å². The third kappa shape index (κ3) is 3.12. The van der Waals surface area contributed by atoms with Crippen LogP contribution >= 0.6 is 0 Å². The van der Waals surface area contributed by atoms with Crippen LogP contribution in [-0.2, 0) is 13.1 Å². The van der Waals surface area contributed by atoms with Gasteiger partial charge in [0.05, 0.1) is 6.10 Å². The van der Waals surface area contributed by atoms with Crippen LogP contribution in [0.2, 0.25) is 0 Å². The molecule has 0 aliphatic rings. The molecule has 1 heterocycles. The van der Waals surface area contributed by atoms with Crippen LogP contribution in [0.4, 0.5) is 0 Å². The standard InChI is InChI=1S/C15H22N2O/c1-3-16-11-13-4-5-15-14(10-13)7-9-17(15)8-6-12(2)18/h4-5,7,9-10,12,16,18H,3,6,8,11H2,1-2H3. The summed E-state index contributed by atoms with van der Waals surface area (Å²) in [6.07, 6.45) is 2.66. The number of nitrogens with zero attached hydrogens (tertiary/aromatic N) is 1. The Labute approximate surface area is 108 Å². The van der Waals surface area contributed by atoms with E-state index >= 15 is 0 Å². The summed E-state index contributed by atoms with van der Waals surface area (Å²) < 4.78 is 2.21. The maximum Gasteiger partial charge on any atom is 0.0529 e. The minimum absolute atomic E-state index is 0.240. The summed E-state index contributed by atoms with van der Waals surface area (Å²) in [4.78, 5) is 0. The fourth-order valence-electron chi connectivity index (χ4n) is 2.15. The number of aromatic nitrogens is 1. The third-order valence-electron chi connectivity index (χ3n) is 3.20. The fraction of sp³-hybridized carbons (Fsp3) is 0.467. The van der Waals surface area contributed by atoms with Crippen molar-refractivity contribution in [2.24, 2.45) is 0 Å². The predicted molar refractivity (Wildman–Crippen MR) is 75.6 cm³/mol. The Morgan fingerprint density at radius 2 is 2.17 bits per heavy atom. The highest BCUT2D eigenvalue weighted by molar-refractivity contribution is 5.80. The third-order valence-corrected chi connectivity index (χ3v) is 3.20. The van der Waals surface area contributed by atoms with Gasteiger partial charge >= 0.3 is 0 Å². The normalized spacial score (nSPS) is 13.1. The van der Waals surface area contributed by atoms with Crippen molar-refractivity contribution in [1.29, 1.82) is 0 Å². The van der Waals surface area contributed by atoms with Crippen LogP contribution in [0.15, 0.2) is 30.5 Å². The van der Waals surface area contributed by atoms with E-state index in [9.17, 15) is 5.11 Å². The molecule has 0 aliphatic heterocycles. The molecule has 2 rings (SSSR count). The van der Waals surface area contributed by atoms with Crippen LogP contribution in [0, 0.1) is 0 Å². The van der Waals surface area contributed by atoms with Crippen LogP contribution in [0.25, 0.3) is 10.9 Å². The number of hydrogen-bond acceptors (Lipinski definition) is 2. The topological polar surface area (TPSA) is 37.2 Å². The lowest BCUT2D eigenvalue weighted by molar-refractivity contribution is 0.178. The van der Waals surface area contributed by atoms with Crippen LogP contribution in [0.3, 0.4) is 0 Å². The number of hydrogen-bond donors (Lipinski definition) is 2. The van der Waals surface area contributed by atoms with Gasteiger partial charge in [0, 0.05) is 24.8 Å². The lowest BCUT2D eigenvalue weighted by atomic mass is 10.1. The van der Waals surface area contributed by atoms with Crippen molar-refractivity contribution >= 4 is 10.9 Å². The largest absolute Gasteiger partial charge is 0.393 e. The van der Waals surface area contributed by atoms with Crippen molar-refractivity contribution in [3.63, 3.8) is 0 Å². The second-order valence-electron chi connectivity index (χ2n) is 4.82. The Bertz CT molecular complexity index is 502. The first-order valence-electron chi connectivity index (χ1n) is 6.67. The lowest BCUT2D eigenvalue weighted by Gasteiger charge is -2.08. The zero-order valence-electron chi connectivity index (χ0n) is 11.2. The second kappa shape index (κ2) is 6.03. The van der Waals surface area contributed by atoms with Gasteiger partial charge in [0.25, 0.3) is 0 Å². The molecule has 1 aromatic carbocycles. The SMILES string of the molecule is CCNCc1ccc2c(ccn2CCC(C)O)c1. The highest BCUT2D eigenvalue weighted by Gasteiger charge is 2.03. The van der Waals surface area contributed by atoms with Gasteiger partial charge in [0.15, 0.2) is 0 Å². The monoisotopic (exact) mass is 246 g/mol. The number of fused-ring (bicyclic) bond motifs is 1. The first kappa shape index (κ1) is 13.1. The van der Waals surface area contributed by atoms with Gasteiger partial charge in [0.1, 0.15) is 0 Å². The molecular weight excluding hydrogens is 224 g/mol. The van der Waals surface area contributed by atoms with Gasteiger partial charge in [-0.25, -0.2) is 0 Å². The first-order chi connectivity index (χ1) is 8.70. The van der Waals surface area contributed by atoms with Crippen molar-refractivity contribution in [2.45, 2.75) is 39.5 Å². The van der Waals surface area contributed by atoms with Gasteiger partial charge in [-0.05, 0) is 49.0 Å².